The van der Waals surface area contributed by atoms with E-state index in [1.165, 1.54) is 11.8 Å². The van der Waals surface area contributed by atoms with Crippen molar-refractivity contribution in [2.45, 2.75) is 13.5 Å². The van der Waals surface area contributed by atoms with Crippen LogP contribution in [0.15, 0.2) is 60.0 Å². The number of thiophene rings is 1. The largest absolute Gasteiger partial charge is 0.493 e. The summed E-state index contributed by atoms with van der Waals surface area (Å²) >= 11 is 1.63. The maximum Gasteiger partial charge on any atom is 0.281 e. The van der Waals surface area contributed by atoms with Crippen LogP contribution in [0.25, 0.3) is 11.4 Å². The number of carbonyl (C=O) groups excluding carboxylic acids is 1. The highest BCUT2D eigenvalue weighted by Crippen LogP contribution is 2.28. The van der Waals surface area contributed by atoms with E-state index in [4.69, 9.17) is 9.47 Å². The summed E-state index contributed by atoms with van der Waals surface area (Å²) in [7, 11) is 3.09. The number of benzene rings is 2. The molecule has 2 heterocycles. The van der Waals surface area contributed by atoms with E-state index in [9.17, 15) is 4.79 Å². The lowest BCUT2D eigenvalue weighted by Gasteiger charge is -2.10. The molecule has 0 fully saturated rings. The third-order valence-electron chi connectivity index (χ3n) is 4.74. The molecule has 0 bridgehead atoms. The summed E-state index contributed by atoms with van der Waals surface area (Å²) in [5.41, 5.74) is 2.39. The van der Waals surface area contributed by atoms with E-state index in [1.54, 1.807) is 36.6 Å². The fraction of sp³-hybridized carbons (Fsp3) is 0.174. The molecule has 0 amide bonds. The molecule has 0 aliphatic carbocycles. The Bertz CT molecular complexity index is 1180. The summed E-state index contributed by atoms with van der Waals surface area (Å²) in [6.07, 6.45) is 0. The van der Waals surface area contributed by atoms with Gasteiger partial charge in [-0.3, -0.25) is 4.79 Å². The number of carbonyl (C=O) groups is 1. The summed E-state index contributed by atoms with van der Waals surface area (Å²) in [5.74, 6) is 1.56. The minimum absolute atomic E-state index is 0.319. The van der Waals surface area contributed by atoms with Crippen molar-refractivity contribution < 1.29 is 14.3 Å². The summed E-state index contributed by atoms with van der Waals surface area (Å²) < 4.78 is 11.9. The molecule has 8 heteroatoms. The Balaban J connectivity index is 1.71. The standard InChI is InChI=1S/C23H22N4O3S/c1-15-6-8-16(9-7-15)21-25-23(24-14-18-5-4-12-31-18)27(26-21)22(28)17-10-11-19(29-2)20(13-17)30-3/h4-13H,14H2,1-3H3,(H,24,25,26). The SMILES string of the molecule is COc1ccc(C(=O)n2nc(-c3ccc(C)cc3)nc2NCc2cccs2)cc1OC. The molecule has 0 radical (unpaired) electrons. The molecule has 2 aromatic heterocycles. The number of hydrogen-bond donors (Lipinski definition) is 1. The number of rotatable bonds is 7. The number of hydrogen-bond acceptors (Lipinski definition) is 7. The van der Waals surface area contributed by atoms with Crippen molar-refractivity contribution >= 4 is 23.2 Å². The fourth-order valence-corrected chi connectivity index (χ4v) is 3.71. The van der Waals surface area contributed by atoms with Gasteiger partial charge in [0.05, 0.1) is 20.8 Å². The molecule has 4 aromatic rings. The molecule has 7 nitrogen and oxygen atoms in total. The molecule has 0 aliphatic rings. The molecule has 0 saturated carbocycles. The molecule has 158 valence electrons. The summed E-state index contributed by atoms with van der Waals surface area (Å²) in [4.78, 5) is 19.1. The highest BCUT2D eigenvalue weighted by Gasteiger charge is 2.20. The van der Waals surface area contributed by atoms with Crippen LogP contribution in [0.3, 0.4) is 0 Å². The average Bonchev–Trinajstić information content (AvgIpc) is 3.47. The number of anilines is 1. The lowest BCUT2D eigenvalue weighted by molar-refractivity contribution is 0.0947. The van der Waals surface area contributed by atoms with Crippen molar-refractivity contribution in [1.29, 1.82) is 0 Å². The molecule has 0 aliphatic heterocycles. The highest BCUT2D eigenvalue weighted by atomic mass is 32.1. The Morgan fingerprint density at radius 1 is 1.06 bits per heavy atom. The first-order valence-electron chi connectivity index (χ1n) is 9.66. The first-order valence-corrected chi connectivity index (χ1v) is 10.5. The van der Waals surface area contributed by atoms with Gasteiger partial charge in [-0.1, -0.05) is 35.9 Å². The van der Waals surface area contributed by atoms with Crippen LogP contribution in [0.1, 0.15) is 20.8 Å². The molecule has 0 spiro atoms. The minimum atomic E-state index is -0.319. The number of aryl methyl sites for hydroxylation is 1. The third kappa shape index (κ3) is 4.44. The lowest BCUT2D eigenvalue weighted by Crippen LogP contribution is -2.17. The smallest absolute Gasteiger partial charge is 0.281 e. The first-order chi connectivity index (χ1) is 15.1. The van der Waals surface area contributed by atoms with Gasteiger partial charge in [0.1, 0.15) is 0 Å². The average molecular weight is 435 g/mol. The predicted octanol–water partition coefficient (Wildman–Crippen LogP) is 4.63. The zero-order valence-electron chi connectivity index (χ0n) is 17.5. The quantitative estimate of drug-likeness (QED) is 0.457. The van der Waals surface area contributed by atoms with Gasteiger partial charge in [-0.2, -0.15) is 9.67 Å². The molecule has 2 aromatic carbocycles. The Morgan fingerprint density at radius 2 is 1.84 bits per heavy atom. The van der Waals surface area contributed by atoms with Gasteiger partial charge in [-0.05, 0) is 36.6 Å². The van der Waals surface area contributed by atoms with Crippen molar-refractivity contribution in [2.24, 2.45) is 0 Å². The Morgan fingerprint density at radius 3 is 2.52 bits per heavy atom. The maximum atomic E-state index is 13.3. The topological polar surface area (TPSA) is 78.3 Å². The van der Waals surface area contributed by atoms with Crippen LogP contribution in [-0.2, 0) is 6.54 Å². The maximum absolute atomic E-state index is 13.3. The minimum Gasteiger partial charge on any atom is -0.493 e. The fourth-order valence-electron chi connectivity index (χ4n) is 3.06. The van der Waals surface area contributed by atoms with Crippen molar-refractivity contribution in [3.8, 4) is 22.9 Å². The zero-order valence-corrected chi connectivity index (χ0v) is 18.3. The van der Waals surface area contributed by atoms with Gasteiger partial charge in [0, 0.05) is 16.0 Å². The monoisotopic (exact) mass is 434 g/mol. The number of nitrogens with zero attached hydrogens (tertiary/aromatic N) is 3. The van der Waals surface area contributed by atoms with E-state index in [0.717, 1.165) is 16.0 Å². The van der Waals surface area contributed by atoms with Crippen LogP contribution in [0.2, 0.25) is 0 Å². The van der Waals surface area contributed by atoms with Crippen LogP contribution in [0, 0.1) is 6.92 Å². The van der Waals surface area contributed by atoms with Crippen LogP contribution in [0.5, 0.6) is 11.5 Å². The molecule has 0 saturated heterocycles. The normalized spacial score (nSPS) is 10.7. The van der Waals surface area contributed by atoms with Crippen molar-refractivity contribution in [3.05, 3.63) is 76.0 Å². The first kappa shape index (κ1) is 20.6. The molecular formula is C23H22N4O3S. The summed E-state index contributed by atoms with van der Waals surface area (Å²) in [6, 6.07) is 16.9. The van der Waals surface area contributed by atoms with E-state index in [0.29, 0.717) is 35.4 Å². The summed E-state index contributed by atoms with van der Waals surface area (Å²) in [5, 5.41) is 9.76. The van der Waals surface area contributed by atoms with Gasteiger partial charge in [-0.15, -0.1) is 16.4 Å². The molecule has 1 N–H and O–H groups in total. The second kappa shape index (κ2) is 9.01. The Kier molecular flexibility index (Phi) is 5.99. The van der Waals surface area contributed by atoms with Crippen LogP contribution in [0.4, 0.5) is 5.95 Å². The number of aromatic nitrogens is 3. The van der Waals surface area contributed by atoms with Gasteiger partial charge < -0.3 is 14.8 Å². The van der Waals surface area contributed by atoms with Gasteiger partial charge in [0.25, 0.3) is 5.91 Å². The molecule has 0 unspecified atom stereocenters. The second-order valence-corrected chi connectivity index (χ2v) is 7.88. The van der Waals surface area contributed by atoms with Crippen LogP contribution in [-0.4, -0.2) is 34.9 Å². The number of methoxy groups -OCH3 is 2. The van der Waals surface area contributed by atoms with E-state index in [1.807, 2.05) is 48.7 Å². The Hall–Kier alpha value is -3.65. The third-order valence-corrected chi connectivity index (χ3v) is 5.62. The molecule has 0 atom stereocenters. The van der Waals surface area contributed by atoms with Crippen LogP contribution >= 0.6 is 11.3 Å². The zero-order chi connectivity index (χ0) is 21.8. The van der Waals surface area contributed by atoms with Gasteiger partial charge in [-0.25, -0.2) is 0 Å². The second-order valence-electron chi connectivity index (χ2n) is 6.84. The van der Waals surface area contributed by atoms with Crippen molar-refractivity contribution in [2.75, 3.05) is 19.5 Å². The van der Waals surface area contributed by atoms with Crippen molar-refractivity contribution in [3.63, 3.8) is 0 Å². The van der Waals surface area contributed by atoms with Crippen molar-refractivity contribution in [1.82, 2.24) is 14.8 Å². The number of ether oxygens (including phenoxy) is 2. The van der Waals surface area contributed by atoms with Gasteiger partial charge in [0.2, 0.25) is 5.95 Å². The van der Waals surface area contributed by atoms with Gasteiger partial charge >= 0.3 is 0 Å². The van der Waals surface area contributed by atoms with Gasteiger partial charge in [0.15, 0.2) is 17.3 Å². The number of nitrogens with one attached hydrogen (secondary N) is 1. The molecule has 31 heavy (non-hydrogen) atoms. The summed E-state index contributed by atoms with van der Waals surface area (Å²) in [6.45, 7) is 2.56. The van der Waals surface area contributed by atoms with E-state index >= 15 is 0 Å². The van der Waals surface area contributed by atoms with Crippen LogP contribution < -0.4 is 14.8 Å². The Labute approximate surface area is 184 Å². The predicted molar refractivity (Wildman–Crippen MR) is 121 cm³/mol. The lowest BCUT2D eigenvalue weighted by atomic mass is 10.1. The molecular weight excluding hydrogens is 412 g/mol. The highest BCUT2D eigenvalue weighted by molar-refractivity contribution is 7.09. The van der Waals surface area contributed by atoms with E-state index in [-0.39, 0.29) is 5.91 Å². The van der Waals surface area contributed by atoms with E-state index < -0.39 is 0 Å². The van der Waals surface area contributed by atoms with E-state index in [2.05, 4.69) is 15.4 Å². The molecule has 4 rings (SSSR count).